The summed E-state index contributed by atoms with van der Waals surface area (Å²) in [5.74, 6) is 3.00. The molecule has 7 rings (SSSR count). The lowest BCUT2D eigenvalue weighted by molar-refractivity contribution is -0.347. The molecule has 1 saturated carbocycles. The van der Waals surface area contributed by atoms with E-state index in [0.29, 0.717) is 32.2 Å². The minimum Gasteiger partial charge on any atom is -0.406 e. The van der Waals surface area contributed by atoms with Crippen molar-refractivity contribution in [3.8, 4) is 11.5 Å². The van der Waals surface area contributed by atoms with Crippen molar-refractivity contribution < 1.29 is 27.4 Å². The monoisotopic (exact) mass is 768 g/mol. The molecule has 2 saturated heterocycles. The van der Waals surface area contributed by atoms with E-state index < -0.39 is 50.0 Å². The Bertz CT molecular complexity index is 1960. The van der Waals surface area contributed by atoms with E-state index in [1.54, 1.807) is 34.6 Å². The first kappa shape index (κ1) is 37.9. The Morgan fingerprint density at radius 3 is 2.11 bits per heavy atom. The molecule has 1 spiro atoms. The first-order valence-corrected chi connectivity index (χ1v) is 25.7. The van der Waals surface area contributed by atoms with E-state index in [2.05, 4.69) is 87.5 Å². The maximum Gasteiger partial charge on any atom is 0.261 e. The molecule has 0 aromatic heterocycles. The number of nitrogens with one attached hydrogen (secondary N) is 1. The summed E-state index contributed by atoms with van der Waals surface area (Å²) < 4.78 is 39.1. The Balaban J connectivity index is 1.32. The second-order valence-electron chi connectivity index (χ2n) is 17.0. The van der Waals surface area contributed by atoms with Crippen LogP contribution in [0.25, 0.3) is 0 Å². The Kier molecular flexibility index (Phi) is 10.3. The number of benzene rings is 3. The fraction of sp³-hybridized carbons (Fsp3) is 0.452. The van der Waals surface area contributed by atoms with Gasteiger partial charge in [-0.1, -0.05) is 125 Å². The topological polar surface area (TPSA) is 94.2 Å². The molecule has 3 aliphatic heterocycles. The van der Waals surface area contributed by atoms with Crippen LogP contribution < -0.4 is 15.7 Å². The Morgan fingerprint density at radius 2 is 1.53 bits per heavy atom. The summed E-state index contributed by atoms with van der Waals surface area (Å²) in [6.45, 7) is 13.9. The molecule has 0 bridgehead atoms. The highest BCUT2D eigenvalue weighted by Crippen LogP contribution is 2.62. The van der Waals surface area contributed by atoms with Crippen molar-refractivity contribution in [1.29, 1.82) is 0 Å². The summed E-state index contributed by atoms with van der Waals surface area (Å²) in [5, 5.41) is 5.04. The number of sulfonamides is 1. The minimum atomic E-state index is -4.14. The quantitative estimate of drug-likeness (QED) is 0.128. The number of carbonyl (C=O) groups is 1. The number of rotatable bonds is 9. The van der Waals surface area contributed by atoms with Crippen LogP contribution in [0.4, 0.5) is 0 Å². The molecule has 4 aliphatic rings. The van der Waals surface area contributed by atoms with Gasteiger partial charge in [-0.3, -0.25) is 4.79 Å². The van der Waals surface area contributed by atoms with Gasteiger partial charge in [0.25, 0.3) is 8.32 Å². The molecule has 3 aromatic rings. The summed E-state index contributed by atoms with van der Waals surface area (Å²) in [4.78, 5) is 27.0. The molecule has 280 valence electrons. The Hall–Kier alpha value is -3.35. The maximum atomic E-state index is 15.0. The van der Waals surface area contributed by atoms with E-state index in [9.17, 15) is 4.79 Å². The largest absolute Gasteiger partial charge is 0.406 e. The van der Waals surface area contributed by atoms with E-state index in [1.807, 2.05) is 36.4 Å². The van der Waals surface area contributed by atoms with Gasteiger partial charge in [-0.05, 0) is 52.4 Å². The first-order chi connectivity index (χ1) is 25.2. The highest BCUT2D eigenvalue weighted by Gasteiger charge is 2.73. The molecular formula is C42H52N2O6SSi2. The van der Waals surface area contributed by atoms with Crippen LogP contribution in [0.5, 0.6) is 0 Å². The number of nitrogens with zero attached hydrogens (tertiary/aromatic N) is 1. The summed E-state index contributed by atoms with van der Waals surface area (Å²) in [6, 6.07) is 27.8. The van der Waals surface area contributed by atoms with Crippen LogP contribution in [0.1, 0.15) is 46.5 Å². The van der Waals surface area contributed by atoms with Crippen LogP contribution >= 0.6 is 0 Å². The number of hydrogen-bond acceptors (Lipinski definition) is 6. The summed E-state index contributed by atoms with van der Waals surface area (Å²) >= 11 is 0. The average molecular weight is 769 g/mol. The zero-order valence-electron chi connectivity index (χ0n) is 31.7. The van der Waals surface area contributed by atoms with Gasteiger partial charge in [0, 0.05) is 24.9 Å². The van der Waals surface area contributed by atoms with Crippen LogP contribution in [0.3, 0.4) is 0 Å². The van der Waals surface area contributed by atoms with Gasteiger partial charge >= 0.3 is 0 Å². The molecule has 1 aliphatic carbocycles. The second-order valence-corrected chi connectivity index (χ2v) is 27.9. The molecule has 6 atom stereocenters. The van der Waals surface area contributed by atoms with Gasteiger partial charge in [0.05, 0.1) is 23.0 Å². The van der Waals surface area contributed by atoms with E-state index in [1.165, 1.54) is 0 Å². The van der Waals surface area contributed by atoms with Crippen molar-refractivity contribution in [1.82, 2.24) is 9.62 Å². The van der Waals surface area contributed by atoms with Crippen LogP contribution in [-0.2, 0) is 29.0 Å². The normalized spacial score (nSPS) is 27.5. The predicted octanol–water partition coefficient (Wildman–Crippen LogP) is 5.82. The zero-order valence-corrected chi connectivity index (χ0v) is 34.5. The van der Waals surface area contributed by atoms with Crippen molar-refractivity contribution >= 4 is 42.7 Å². The van der Waals surface area contributed by atoms with Crippen LogP contribution in [0, 0.1) is 22.8 Å². The number of hydrogen-bond donors (Lipinski definition) is 1. The van der Waals surface area contributed by atoms with Gasteiger partial charge in [0.15, 0.2) is 0 Å². The lowest BCUT2D eigenvalue weighted by Crippen LogP contribution is -2.67. The van der Waals surface area contributed by atoms with E-state index >= 15 is 8.42 Å². The van der Waals surface area contributed by atoms with Crippen molar-refractivity contribution in [3.05, 3.63) is 103 Å². The molecule has 3 aromatic carbocycles. The molecule has 3 heterocycles. The Labute approximate surface area is 317 Å². The SMILES string of the molecule is CC(C)(C)[Si](OC[C@H]1C[C@]23C(=O)NCC[C@H]2C2=C[C@H](CCC#C[Si](C)(C)C)OO[C@@H]2[C@@H]3N1S(=O)(=O)c1ccccc1)(c1ccccc1)c1ccccc1. The fourth-order valence-corrected chi connectivity index (χ4v) is 16.5. The molecule has 11 heteroatoms. The molecule has 3 fully saturated rings. The molecule has 53 heavy (non-hydrogen) atoms. The number of piperidine rings is 1. The average Bonchev–Trinajstić information content (AvgIpc) is 3.61. The van der Waals surface area contributed by atoms with Crippen LogP contribution in [0.2, 0.25) is 24.7 Å². The van der Waals surface area contributed by atoms with E-state index in [0.717, 1.165) is 15.9 Å². The van der Waals surface area contributed by atoms with Gasteiger partial charge in [0.2, 0.25) is 15.9 Å². The van der Waals surface area contributed by atoms with Gasteiger partial charge in [0.1, 0.15) is 20.3 Å². The molecule has 8 nitrogen and oxygen atoms in total. The third kappa shape index (κ3) is 6.71. The van der Waals surface area contributed by atoms with Crippen molar-refractivity contribution in [3.63, 3.8) is 0 Å². The van der Waals surface area contributed by atoms with E-state index in [4.69, 9.17) is 14.2 Å². The molecule has 0 radical (unpaired) electrons. The third-order valence-corrected chi connectivity index (χ3v) is 19.3. The predicted molar refractivity (Wildman–Crippen MR) is 213 cm³/mol. The highest BCUT2D eigenvalue weighted by atomic mass is 32.2. The van der Waals surface area contributed by atoms with Crippen molar-refractivity contribution in [2.24, 2.45) is 11.3 Å². The standard InChI is InChI=1S/C42H52N2O6SSi2/c1-41(2,3)53(34-21-12-8-13-22-34,35-23-14-9-15-24-35)48-30-31-29-42-37(25-26-43-40(42)45)36-28-32(18-16-17-27-52(4,5)6)49-50-38(36)39(42)44(31)51(46,47)33-19-10-7-11-20-33/h7-15,19-24,28,31-32,37-39H,16,18,25-26,29-30H2,1-6H3,(H,43,45)/t31-,32+,37+,38+,39+,42+/m1/s1. The smallest absolute Gasteiger partial charge is 0.261 e. The van der Waals surface area contributed by atoms with Gasteiger partial charge in [-0.25, -0.2) is 18.2 Å². The molecule has 1 amide bonds. The lowest BCUT2D eigenvalue weighted by atomic mass is 9.69. The highest BCUT2D eigenvalue weighted by molar-refractivity contribution is 7.89. The number of amides is 1. The van der Waals surface area contributed by atoms with Crippen molar-refractivity contribution in [2.75, 3.05) is 13.2 Å². The summed E-state index contributed by atoms with van der Waals surface area (Å²) in [7, 11) is -8.70. The summed E-state index contributed by atoms with van der Waals surface area (Å²) in [5.41, 5.74) is 3.34. The minimum absolute atomic E-state index is 0.114. The van der Waals surface area contributed by atoms with Gasteiger partial charge in [-0.2, -0.15) is 4.31 Å². The molecule has 1 N–H and O–H groups in total. The molecular weight excluding hydrogens is 717 g/mol. The van der Waals surface area contributed by atoms with Crippen LogP contribution in [0.15, 0.2) is 108 Å². The Morgan fingerprint density at radius 1 is 0.925 bits per heavy atom. The first-order valence-electron chi connectivity index (χ1n) is 18.9. The number of carbonyl (C=O) groups excluding carboxylic acids is 1. The van der Waals surface area contributed by atoms with Crippen LogP contribution in [-0.4, -0.2) is 72.5 Å². The third-order valence-electron chi connectivity index (χ3n) is 11.4. The van der Waals surface area contributed by atoms with Gasteiger partial charge in [-0.15, -0.1) is 11.5 Å². The van der Waals surface area contributed by atoms with E-state index in [-0.39, 0.29) is 34.5 Å². The van der Waals surface area contributed by atoms with Gasteiger partial charge < -0.3 is 9.74 Å². The second kappa shape index (κ2) is 14.4. The van der Waals surface area contributed by atoms with Crippen molar-refractivity contribution in [2.45, 2.75) is 100 Å². The lowest BCUT2D eigenvalue weighted by Gasteiger charge is -2.44. The fourth-order valence-electron chi connectivity index (χ4n) is 9.33. The number of fused-ring (bicyclic) bond motifs is 3. The summed E-state index contributed by atoms with van der Waals surface area (Å²) in [6.07, 6.45) is 3.37. The maximum absolute atomic E-state index is 15.0. The molecule has 0 unspecified atom stereocenters. The zero-order chi connectivity index (χ0) is 37.6.